The minimum absolute atomic E-state index is 1.00. The zero-order valence-corrected chi connectivity index (χ0v) is 11.6. The summed E-state index contributed by atoms with van der Waals surface area (Å²) in [6, 6.07) is 31.5. The molecule has 100 valence electrons. The van der Waals surface area contributed by atoms with Gasteiger partial charge in [0.15, 0.2) is 0 Å². The lowest BCUT2D eigenvalue weighted by Gasteiger charge is -2.04. The molecule has 0 aliphatic rings. The summed E-state index contributed by atoms with van der Waals surface area (Å²) in [5, 5.41) is 3.11. The van der Waals surface area contributed by atoms with Crippen LogP contribution in [0.2, 0.25) is 0 Å². The molecule has 3 rings (SSSR count). The SMILES string of the molecule is C(#Cc1ccccc1-c1ccccc1)Nc1ccccc1. The highest BCUT2D eigenvalue weighted by molar-refractivity contribution is 5.71. The number of anilines is 1. The predicted octanol–water partition coefficient (Wildman–Crippen LogP) is 4.77. The molecule has 1 nitrogen and oxygen atoms in total. The molecule has 1 heteroatoms. The molecule has 0 amide bonds. The minimum atomic E-state index is 1.00. The third kappa shape index (κ3) is 3.32. The number of hydrogen-bond acceptors (Lipinski definition) is 1. The van der Waals surface area contributed by atoms with E-state index in [1.54, 1.807) is 0 Å². The number of para-hydroxylation sites is 1. The third-order valence-electron chi connectivity index (χ3n) is 3.19. The largest absolute Gasteiger partial charge is 0.315 e. The Hall–Kier alpha value is -2.98. The summed E-state index contributed by atoms with van der Waals surface area (Å²) < 4.78 is 0. The van der Waals surface area contributed by atoms with Gasteiger partial charge < -0.3 is 5.32 Å². The summed E-state index contributed by atoms with van der Waals surface area (Å²) in [5.41, 5.74) is 4.36. The Morgan fingerprint density at radius 2 is 1.24 bits per heavy atom. The minimum Gasteiger partial charge on any atom is -0.315 e. The first-order valence-corrected chi connectivity index (χ1v) is 6.90. The first kappa shape index (κ1) is 13.0. The zero-order chi connectivity index (χ0) is 14.3. The molecule has 0 saturated carbocycles. The molecular formula is C20H15N. The molecule has 3 aromatic carbocycles. The van der Waals surface area contributed by atoms with Gasteiger partial charge in [0.25, 0.3) is 0 Å². The summed E-state index contributed by atoms with van der Waals surface area (Å²) in [6.07, 6.45) is 0. The molecule has 0 aliphatic carbocycles. The number of nitrogens with one attached hydrogen (secondary N) is 1. The molecule has 0 spiro atoms. The fraction of sp³-hybridized carbons (Fsp3) is 0. The first-order valence-electron chi connectivity index (χ1n) is 6.90. The van der Waals surface area contributed by atoms with Crippen molar-refractivity contribution in [3.63, 3.8) is 0 Å². The van der Waals surface area contributed by atoms with Gasteiger partial charge in [-0.1, -0.05) is 66.7 Å². The van der Waals surface area contributed by atoms with E-state index in [0.717, 1.165) is 16.8 Å². The topological polar surface area (TPSA) is 12.0 Å². The van der Waals surface area contributed by atoms with Gasteiger partial charge in [-0.2, -0.15) is 0 Å². The standard InChI is InChI=1S/C20H15N/c1-3-9-17(10-4-1)20-14-8-7-11-18(20)15-16-21-19-12-5-2-6-13-19/h1-14,21H. The van der Waals surface area contributed by atoms with Gasteiger partial charge in [0, 0.05) is 17.3 Å². The van der Waals surface area contributed by atoms with Crippen LogP contribution in [0.1, 0.15) is 5.56 Å². The molecule has 0 bridgehead atoms. The Bertz CT molecular complexity index is 765. The van der Waals surface area contributed by atoms with Crippen molar-refractivity contribution in [1.29, 1.82) is 0 Å². The van der Waals surface area contributed by atoms with Crippen molar-refractivity contribution in [1.82, 2.24) is 0 Å². The van der Waals surface area contributed by atoms with Gasteiger partial charge in [0.05, 0.1) is 0 Å². The Morgan fingerprint density at radius 3 is 2.00 bits per heavy atom. The predicted molar refractivity (Wildman–Crippen MR) is 88.8 cm³/mol. The molecule has 1 N–H and O–H groups in total. The maximum Gasteiger partial charge on any atom is 0.0459 e. The molecular weight excluding hydrogens is 254 g/mol. The van der Waals surface area contributed by atoms with Crippen LogP contribution in [0.25, 0.3) is 11.1 Å². The van der Waals surface area contributed by atoms with Crippen LogP contribution in [-0.2, 0) is 0 Å². The smallest absolute Gasteiger partial charge is 0.0459 e. The van der Waals surface area contributed by atoms with Crippen LogP contribution in [0.5, 0.6) is 0 Å². The average molecular weight is 269 g/mol. The summed E-state index contributed by atoms with van der Waals surface area (Å²) in [4.78, 5) is 0. The van der Waals surface area contributed by atoms with Gasteiger partial charge in [-0.25, -0.2) is 0 Å². The molecule has 0 heterocycles. The number of benzene rings is 3. The molecule has 21 heavy (non-hydrogen) atoms. The van der Waals surface area contributed by atoms with E-state index in [2.05, 4.69) is 35.5 Å². The van der Waals surface area contributed by atoms with Crippen molar-refractivity contribution in [3.05, 3.63) is 90.5 Å². The van der Waals surface area contributed by atoms with Crippen molar-refractivity contribution in [3.8, 4) is 23.1 Å². The second-order valence-electron chi connectivity index (χ2n) is 4.65. The van der Waals surface area contributed by atoms with Gasteiger partial charge in [0.1, 0.15) is 0 Å². The first-order chi connectivity index (χ1) is 10.4. The molecule has 0 aliphatic heterocycles. The lowest BCUT2D eigenvalue weighted by atomic mass is 10.0. The van der Waals surface area contributed by atoms with Crippen LogP contribution in [0.4, 0.5) is 5.69 Å². The maximum absolute atomic E-state index is 3.20. The van der Waals surface area contributed by atoms with Crippen LogP contribution in [-0.4, -0.2) is 0 Å². The zero-order valence-electron chi connectivity index (χ0n) is 11.6. The van der Waals surface area contributed by atoms with Gasteiger partial charge in [0.2, 0.25) is 0 Å². The Labute approximate surface area is 125 Å². The fourth-order valence-corrected chi connectivity index (χ4v) is 2.15. The van der Waals surface area contributed by atoms with Crippen molar-refractivity contribution < 1.29 is 0 Å². The van der Waals surface area contributed by atoms with Gasteiger partial charge in [-0.15, -0.1) is 0 Å². The summed E-state index contributed by atoms with van der Waals surface area (Å²) in [7, 11) is 0. The van der Waals surface area contributed by atoms with E-state index in [0.29, 0.717) is 0 Å². The van der Waals surface area contributed by atoms with E-state index in [-0.39, 0.29) is 0 Å². The van der Waals surface area contributed by atoms with Crippen LogP contribution in [0, 0.1) is 12.0 Å². The lowest BCUT2D eigenvalue weighted by molar-refractivity contribution is 1.58. The molecule has 0 aromatic heterocycles. The molecule has 0 fully saturated rings. The highest BCUT2D eigenvalue weighted by Gasteiger charge is 2.00. The fourth-order valence-electron chi connectivity index (χ4n) is 2.15. The quantitative estimate of drug-likeness (QED) is 0.521. The van der Waals surface area contributed by atoms with Crippen molar-refractivity contribution >= 4 is 5.69 Å². The monoisotopic (exact) mass is 269 g/mol. The van der Waals surface area contributed by atoms with E-state index in [9.17, 15) is 0 Å². The molecule has 0 unspecified atom stereocenters. The maximum atomic E-state index is 3.20. The van der Waals surface area contributed by atoms with E-state index in [1.807, 2.05) is 66.7 Å². The number of hydrogen-bond donors (Lipinski definition) is 1. The molecule has 3 aromatic rings. The highest BCUT2D eigenvalue weighted by atomic mass is 14.8. The number of rotatable bonds is 2. The van der Waals surface area contributed by atoms with Crippen LogP contribution >= 0.6 is 0 Å². The van der Waals surface area contributed by atoms with E-state index < -0.39 is 0 Å². The van der Waals surface area contributed by atoms with Crippen LogP contribution < -0.4 is 5.32 Å². The Kier molecular flexibility index (Phi) is 4.00. The normalized spacial score (nSPS) is 9.52. The third-order valence-corrected chi connectivity index (χ3v) is 3.19. The van der Waals surface area contributed by atoms with Crippen molar-refractivity contribution in [2.75, 3.05) is 5.32 Å². The van der Waals surface area contributed by atoms with Crippen molar-refractivity contribution in [2.24, 2.45) is 0 Å². The van der Waals surface area contributed by atoms with E-state index in [4.69, 9.17) is 0 Å². The second-order valence-corrected chi connectivity index (χ2v) is 4.65. The van der Waals surface area contributed by atoms with Gasteiger partial charge in [-0.05, 0) is 35.2 Å². The van der Waals surface area contributed by atoms with Gasteiger partial charge in [-0.3, -0.25) is 0 Å². The van der Waals surface area contributed by atoms with Crippen LogP contribution in [0.3, 0.4) is 0 Å². The molecule has 0 radical (unpaired) electrons. The van der Waals surface area contributed by atoms with E-state index in [1.165, 1.54) is 5.56 Å². The summed E-state index contributed by atoms with van der Waals surface area (Å²) in [6.45, 7) is 0. The van der Waals surface area contributed by atoms with Crippen molar-refractivity contribution in [2.45, 2.75) is 0 Å². The van der Waals surface area contributed by atoms with Crippen LogP contribution in [0.15, 0.2) is 84.9 Å². The second kappa shape index (κ2) is 6.45. The van der Waals surface area contributed by atoms with E-state index >= 15 is 0 Å². The lowest BCUT2D eigenvalue weighted by Crippen LogP contribution is -1.88. The summed E-state index contributed by atoms with van der Waals surface area (Å²) >= 11 is 0. The van der Waals surface area contributed by atoms with Gasteiger partial charge >= 0.3 is 0 Å². The summed E-state index contributed by atoms with van der Waals surface area (Å²) in [5.74, 6) is 3.20. The Morgan fingerprint density at radius 1 is 0.619 bits per heavy atom. The Balaban J connectivity index is 1.87. The average Bonchev–Trinajstić information content (AvgIpc) is 2.57. The molecule has 0 saturated heterocycles. The molecule has 0 atom stereocenters. The highest BCUT2D eigenvalue weighted by Crippen LogP contribution is 2.22.